The molecular formula is C16H12N2O3S. The van der Waals surface area contributed by atoms with E-state index in [1.165, 1.54) is 16.7 Å². The lowest BCUT2D eigenvalue weighted by molar-refractivity contribution is -0.115. The molecule has 1 heterocycles. The minimum Gasteiger partial charge on any atom is -0.476 e. The molecule has 1 amide bonds. The van der Waals surface area contributed by atoms with Gasteiger partial charge in [-0.1, -0.05) is 36.4 Å². The van der Waals surface area contributed by atoms with E-state index < -0.39 is 5.97 Å². The third-order valence-electron chi connectivity index (χ3n) is 3.15. The Labute approximate surface area is 130 Å². The normalized spacial score (nSPS) is 10.5. The van der Waals surface area contributed by atoms with Gasteiger partial charge < -0.3 is 10.4 Å². The summed E-state index contributed by atoms with van der Waals surface area (Å²) < 4.78 is 0. The lowest BCUT2D eigenvalue weighted by atomic mass is 10.1. The average molecular weight is 312 g/mol. The molecule has 1 aromatic heterocycles. The van der Waals surface area contributed by atoms with Gasteiger partial charge in [-0.3, -0.25) is 4.79 Å². The lowest BCUT2D eigenvalue weighted by Gasteiger charge is -2.07. The van der Waals surface area contributed by atoms with Crippen LogP contribution in [0.2, 0.25) is 0 Å². The van der Waals surface area contributed by atoms with Crippen molar-refractivity contribution in [3.63, 3.8) is 0 Å². The van der Waals surface area contributed by atoms with Gasteiger partial charge in [0.2, 0.25) is 5.91 Å². The standard InChI is InChI=1S/C16H12N2O3S/c19-14(8-15-18-13(9-22-15)16(20)21)17-12-7-3-5-10-4-1-2-6-11(10)12/h1-7,9H,8H2,(H,17,19)(H,20,21). The summed E-state index contributed by atoms with van der Waals surface area (Å²) in [6.07, 6.45) is 0.0567. The lowest BCUT2D eigenvalue weighted by Crippen LogP contribution is -2.14. The highest BCUT2D eigenvalue weighted by atomic mass is 32.1. The topological polar surface area (TPSA) is 79.3 Å². The Morgan fingerprint density at radius 2 is 1.91 bits per heavy atom. The molecule has 0 spiro atoms. The molecule has 0 fully saturated rings. The SMILES string of the molecule is O=C(Cc1nc(C(=O)O)cs1)Nc1cccc2ccccc12. The van der Waals surface area contributed by atoms with E-state index in [9.17, 15) is 9.59 Å². The van der Waals surface area contributed by atoms with E-state index in [0.717, 1.165) is 16.5 Å². The smallest absolute Gasteiger partial charge is 0.355 e. The maximum absolute atomic E-state index is 12.1. The Hall–Kier alpha value is -2.73. The number of hydrogen-bond donors (Lipinski definition) is 2. The molecule has 3 rings (SSSR count). The van der Waals surface area contributed by atoms with Gasteiger partial charge in [0.05, 0.1) is 6.42 Å². The molecule has 0 aliphatic rings. The van der Waals surface area contributed by atoms with Crippen LogP contribution >= 0.6 is 11.3 Å². The number of hydrogen-bond acceptors (Lipinski definition) is 4. The van der Waals surface area contributed by atoms with E-state index in [4.69, 9.17) is 5.11 Å². The second kappa shape index (κ2) is 5.95. The van der Waals surface area contributed by atoms with Gasteiger partial charge in [0, 0.05) is 16.5 Å². The number of carboxylic acid groups (broad SMARTS) is 1. The monoisotopic (exact) mass is 312 g/mol. The van der Waals surface area contributed by atoms with E-state index in [1.54, 1.807) is 0 Å². The highest BCUT2D eigenvalue weighted by Gasteiger charge is 2.12. The Kier molecular flexibility index (Phi) is 3.84. The fourth-order valence-electron chi connectivity index (χ4n) is 2.16. The first kappa shape index (κ1) is 14.2. The number of thiazole rings is 1. The molecule has 22 heavy (non-hydrogen) atoms. The van der Waals surface area contributed by atoms with Crippen molar-refractivity contribution in [1.29, 1.82) is 0 Å². The van der Waals surface area contributed by atoms with Gasteiger partial charge in [-0.05, 0) is 11.5 Å². The van der Waals surface area contributed by atoms with Crippen LogP contribution in [0.15, 0.2) is 47.8 Å². The van der Waals surface area contributed by atoms with Gasteiger partial charge in [-0.15, -0.1) is 11.3 Å². The molecule has 0 aliphatic carbocycles. The highest BCUT2D eigenvalue weighted by molar-refractivity contribution is 7.09. The quantitative estimate of drug-likeness (QED) is 0.775. The second-order valence-electron chi connectivity index (χ2n) is 4.68. The second-order valence-corrected chi connectivity index (χ2v) is 5.63. The van der Waals surface area contributed by atoms with Crippen LogP contribution < -0.4 is 5.32 Å². The highest BCUT2D eigenvalue weighted by Crippen LogP contribution is 2.23. The molecule has 0 bridgehead atoms. The third kappa shape index (κ3) is 2.96. The van der Waals surface area contributed by atoms with Crippen LogP contribution in [0, 0.1) is 0 Å². The number of nitrogens with one attached hydrogen (secondary N) is 1. The Morgan fingerprint density at radius 3 is 2.68 bits per heavy atom. The van der Waals surface area contributed by atoms with Crippen LogP contribution in [0.1, 0.15) is 15.5 Å². The number of benzene rings is 2. The summed E-state index contributed by atoms with van der Waals surface area (Å²) in [5.74, 6) is -1.31. The number of fused-ring (bicyclic) bond motifs is 1. The van der Waals surface area contributed by atoms with Crippen LogP contribution in [-0.4, -0.2) is 22.0 Å². The summed E-state index contributed by atoms with van der Waals surface area (Å²) in [6, 6.07) is 13.5. The zero-order chi connectivity index (χ0) is 15.5. The van der Waals surface area contributed by atoms with E-state index in [-0.39, 0.29) is 18.0 Å². The Bertz CT molecular complexity index is 852. The van der Waals surface area contributed by atoms with Gasteiger partial charge in [-0.25, -0.2) is 9.78 Å². The number of amides is 1. The van der Waals surface area contributed by atoms with Crippen molar-refractivity contribution in [2.24, 2.45) is 0 Å². The van der Waals surface area contributed by atoms with Crippen LogP contribution in [-0.2, 0) is 11.2 Å². The van der Waals surface area contributed by atoms with Crippen molar-refractivity contribution in [3.05, 3.63) is 58.5 Å². The predicted octanol–water partition coefficient (Wildman–Crippen LogP) is 3.18. The summed E-state index contributed by atoms with van der Waals surface area (Å²) in [5, 5.41) is 15.6. The van der Waals surface area contributed by atoms with Crippen LogP contribution in [0.4, 0.5) is 5.69 Å². The Morgan fingerprint density at radius 1 is 1.14 bits per heavy atom. The summed E-state index contributed by atoms with van der Waals surface area (Å²) in [7, 11) is 0. The molecule has 6 heteroatoms. The number of aromatic nitrogens is 1. The average Bonchev–Trinajstić information content (AvgIpc) is 2.96. The Balaban J connectivity index is 1.77. The number of nitrogens with zero attached hydrogens (tertiary/aromatic N) is 1. The zero-order valence-corrected chi connectivity index (χ0v) is 12.3. The van der Waals surface area contributed by atoms with Gasteiger partial charge in [0.15, 0.2) is 5.69 Å². The fraction of sp³-hybridized carbons (Fsp3) is 0.0625. The summed E-state index contributed by atoms with van der Waals surface area (Å²) in [4.78, 5) is 26.8. The van der Waals surface area contributed by atoms with Crippen molar-refractivity contribution in [3.8, 4) is 0 Å². The number of anilines is 1. The van der Waals surface area contributed by atoms with Crippen molar-refractivity contribution in [1.82, 2.24) is 4.98 Å². The first-order valence-electron chi connectivity index (χ1n) is 6.59. The molecule has 0 radical (unpaired) electrons. The summed E-state index contributed by atoms with van der Waals surface area (Å²) in [6.45, 7) is 0. The largest absolute Gasteiger partial charge is 0.476 e. The van der Waals surface area contributed by atoms with Gasteiger partial charge in [0.1, 0.15) is 5.01 Å². The van der Waals surface area contributed by atoms with Crippen molar-refractivity contribution in [2.75, 3.05) is 5.32 Å². The van der Waals surface area contributed by atoms with E-state index in [1.807, 2.05) is 42.5 Å². The molecule has 110 valence electrons. The van der Waals surface area contributed by atoms with Gasteiger partial charge in [0.25, 0.3) is 0 Å². The van der Waals surface area contributed by atoms with Crippen LogP contribution in [0.5, 0.6) is 0 Å². The molecule has 3 aromatic rings. The van der Waals surface area contributed by atoms with Crippen molar-refractivity contribution in [2.45, 2.75) is 6.42 Å². The van der Waals surface area contributed by atoms with E-state index in [0.29, 0.717) is 5.01 Å². The van der Waals surface area contributed by atoms with Crippen molar-refractivity contribution >= 4 is 39.7 Å². The first-order valence-corrected chi connectivity index (χ1v) is 7.47. The zero-order valence-electron chi connectivity index (χ0n) is 11.4. The number of carbonyl (C=O) groups is 2. The van der Waals surface area contributed by atoms with Gasteiger partial charge in [-0.2, -0.15) is 0 Å². The number of carbonyl (C=O) groups excluding carboxylic acids is 1. The number of carboxylic acids is 1. The van der Waals surface area contributed by atoms with Gasteiger partial charge >= 0.3 is 5.97 Å². The van der Waals surface area contributed by atoms with E-state index >= 15 is 0 Å². The van der Waals surface area contributed by atoms with Crippen molar-refractivity contribution < 1.29 is 14.7 Å². The molecule has 5 nitrogen and oxygen atoms in total. The molecular weight excluding hydrogens is 300 g/mol. The minimum absolute atomic E-state index is 0.0297. The molecule has 2 N–H and O–H groups in total. The molecule has 0 atom stereocenters. The van der Waals surface area contributed by atoms with Crippen LogP contribution in [0.25, 0.3) is 10.8 Å². The molecule has 0 saturated heterocycles. The molecule has 0 unspecified atom stereocenters. The summed E-state index contributed by atoms with van der Waals surface area (Å²) >= 11 is 1.17. The predicted molar refractivity (Wildman–Crippen MR) is 85.4 cm³/mol. The van der Waals surface area contributed by atoms with E-state index in [2.05, 4.69) is 10.3 Å². The number of rotatable bonds is 4. The first-order chi connectivity index (χ1) is 10.6. The molecule has 2 aromatic carbocycles. The summed E-state index contributed by atoms with van der Waals surface area (Å²) in [5.41, 5.74) is 0.705. The fourth-order valence-corrected chi connectivity index (χ4v) is 2.92. The maximum Gasteiger partial charge on any atom is 0.355 e. The van der Waals surface area contributed by atoms with Crippen LogP contribution in [0.3, 0.4) is 0 Å². The maximum atomic E-state index is 12.1. The third-order valence-corrected chi connectivity index (χ3v) is 4.00. The number of aromatic carboxylic acids is 1. The molecule has 0 aliphatic heterocycles. The minimum atomic E-state index is -1.09. The molecule has 0 saturated carbocycles.